The standard InChI is InChI=1S/C7H18N2O3Si/c1-9(11)7(10)8-5-4-6-13(2,3)12/h11-12H,4-6H2,1-3H3,(H,8,10). The molecule has 5 nitrogen and oxygen atoms in total. The van der Waals surface area contributed by atoms with E-state index in [2.05, 4.69) is 5.32 Å². The molecule has 0 saturated carbocycles. The molecule has 3 N–H and O–H groups in total. The monoisotopic (exact) mass is 206 g/mol. The van der Waals surface area contributed by atoms with E-state index < -0.39 is 14.3 Å². The molecule has 0 heterocycles. The van der Waals surface area contributed by atoms with Crippen LogP contribution in [0.15, 0.2) is 0 Å². The van der Waals surface area contributed by atoms with Crippen LogP contribution in [0.3, 0.4) is 0 Å². The fraction of sp³-hybridized carbons (Fsp3) is 0.857. The Morgan fingerprint density at radius 2 is 2.08 bits per heavy atom. The van der Waals surface area contributed by atoms with Crippen LogP contribution in [0.1, 0.15) is 6.42 Å². The van der Waals surface area contributed by atoms with E-state index in [1.54, 1.807) is 0 Å². The number of carbonyl (C=O) groups is 1. The molecular weight excluding hydrogens is 188 g/mol. The highest BCUT2D eigenvalue weighted by Gasteiger charge is 2.15. The molecule has 0 bridgehead atoms. The Kier molecular flexibility index (Phi) is 4.97. The van der Waals surface area contributed by atoms with Gasteiger partial charge in [0.25, 0.3) is 0 Å². The van der Waals surface area contributed by atoms with Crippen molar-refractivity contribution in [2.45, 2.75) is 25.6 Å². The van der Waals surface area contributed by atoms with E-state index in [0.29, 0.717) is 11.6 Å². The van der Waals surface area contributed by atoms with Crippen LogP contribution in [0, 0.1) is 0 Å². The summed E-state index contributed by atoms with van der Waals surface area (Å²) >= 11 is 0. The molecule has 78 valence electrons. The average molecular weight is 206 g/mol. The molecule has 13 heavy (non-hydrogen) atoms. The van der Waals surface area contributed by atoms with Gasteiger partial charge >= 0.3 is 6.03 Å². The van der Waals surface area contributed by atoms with Crippen LogP contribution in [-0.4, -0.2) is 43.0 Å². The van der Waals surface area contributed by atoms with Crippen molar-refractivity contribution in [1.82, 2.24) is 10.4 Å². The number of hydroxylamine groups is 2. The number of nitrogens with zero attached hydrogens (tertiary/aromatic N) is 1. The first-order valence-corrected chi connectivity index (χ1v) is 7.41. The Labute approximate surface area is 79.4 Å². The Bertz CT molecular complexity index is 168. The predicted octanol–water partition coefficient (Wildman–Crippen LogP) is 0.605. The molecule has 0 aromatic heterocycles. The third-order valence-electron chi connectivity index (χ3n) is 1.54. The maximum atomic E-state index is 10.8. The summed E-state index contributed by atoms with van der Waals surface area (Å²) in [4.78, 5) is 20.2. The van der Waals surface area contributed by atoms with Gasteiger partial charge in [-0.2, -0.15) is 0 Å². The van der Waals surface area contributed by atoms with Crippen LogP contribution in [0.5, 0.6) is 0 Å². The largest absolute Gasteiger partial charge is 0.432 e. The minimum Gasteiger partial charge on any atom is -0.432 e. The number of urea groups is 1. The zero-order chi connectivity index (χ0) is 10.5. The van der Waals surface area contributed by atoms with Crippen LogP contribution in [0.4, 0.5) is 4.79 Å². The van der Waals surface area contributed by atoms with Gasteiger partial charge < -0.3 is 10.1 Å². The van der Waals surface area contributed by atoms with E-state index in [-0.39, 0.29) is 0 Å². The molecule has 0 unspecified atom stereocenters. The topological polar surface area (TPSA) is 72.8 Å². The van der Waals surface area contributed by atoms with Gasteiger partial charge in [-0.05, 0) is 25.6 Å². The molecule has 0 spiro atoms. The first-order chi connectivity index (χ1) is 5.83. The van der Waals surface area contributed by atoms with Gasteiger partial charge in [0, 0.05) is 13.6 Å². The third-order valence-corrected chi connectivity index (χ3v) is 3.11. The Morgan fingerprint density at radius 1 is 1.54 bits per heavy atom. The van der Waals surface area contributed by atoms with Crippen molar-refractivity contribution in [3.63, 3.8) is 0 Å². The second kappa shape index (κ2) is 5.20. The van der Waals surface area contributed by atoms with E-state index in [1.165, 1.54) is 7.05 Å². The van der Waals surface area contributed by atoms with Gasteiger partial charge in [-0.3, -0.25) is 5.21 Å². The Morgan fingerprint density at radius 3 is 2.46 bits per heavy atom. The molecule has 0 aromatic rings. The molecule has 0 aliphatic rings. The molecule has 0 rings (SSSR count). The minimum absolute atomic E-state index is 0.487. The van der Waals surface area contributed by atoms with Gasteiger partial charge in [-0.1, -0.05) is 0 Å². The number of rotatable bonds is 4. The maximum absolute atomic E-state index is 10.8. The van der Waals surface area contributed by atoms with Crippen molar-refractivity contribution >= 4 is 14.3 Å². The Balaban J connectivity index is 3.42. The smallest absolute Gasteiger partial charge is 0.340 e. The van der Waals surface area contributed by atoms with Crippen LogP contribution in [0.25, 0.3) is 0 Å². The fourth-order valence-corrected chi connectivity index (χ4v) is 1.87. The summed E-state index contributed by atoms with van der Waals surface area (Å²) in [5.41, 5.74) is 0. The molecule has 0 aliphatic carbocycles. The molecular formula is C7H18N2O3Si. The second-order valence-electron chi connectivity index (χ2n) is 3.67. The lowest BCUT2D eigenvalue weighted by atomic mass is 10.5. The highest BCUT2D eigenvalue weighted by atomic mass is 28.4. The van der Waals surface area contributed by atoms with Gasteiger partial charge in [-0.25, -0.2) is 9.86 Å². The highest BCUT2D eigenvalue weighted by molar-refractivity contribution is 6.69. The van der Waals surface area contributed by atoms with Gasteiger partial charge in [-0.15, -0.1) is 0 Å². The quantitative estimate of drug-likeness (QED) is 0.273. The summed E-state index contributed by atoms with van der Waals surface area (Å²) in [6.45, 7) is 4.20. The lowest BCUT2D eigenvalue weighted by Gasteiger charge is -2.14. The van der Waals surface area contributed by atoms with E-state index in [9.17, 15) is 9.59 Å². The summed E-state index contributed by atoms with van der Waals surface area (Å²) in [6, 6.07) is 0.236. The molecule has 0 atom stereocenters. The summed E-state index contributed by atoms with van der Waals surface area (Å²) in [6.07, 6.45) is 0.745. The van der Waals surface area contributed by atoms with Gasteiger partial charge in [0.05, 0.1) is 0 Å². The first kappa shape index (κ1) is 12.4. The predicted molar refractivity (Wildman–Crippen MR) is 52.1 cm³/mol. The molecule has 0 fully saturated rings. The van der Waals surface area contributed by atoms with Crippen molar-refractivity contribution < 1.29 is 14.8 Å². The van der Waals surface area contributed by atoms with Crippen LogP contribution < -0.4 is 5.32 Å². The van der Waals surface area contributed by atoms with E-state index in [4.69, 9.17) is 5.21 Å². The van der Waals surface area contributed by atoms with Crippen molar-refractivity contribution in [1.29, 1.82) is 0 Å². The molecule has 2 amide bonds. The molecule has 0 aliphatic heterocycles. The SMILES string of the molecule is CN(O)C(=O)NCCC[Si](C)(C)O. The summed E-state index contributed by atoms with van der Waals surface area (Å²) < 4.78 is 0. The lowest BCUT2D eigenvalue weighted by molar-refractivity contribution is -0.0181. The van der Waals surface area contributed by atoms with Crippen molar-refractivity contribution in [2.75, 3.05) is 13.6 Å². The number of hydrogen-bond acceptors (Lipinski definition) is 3. The van der Waals surface area contributed by atoms with E-state index in [0.717, 1.165) is 12.5 Å². The number of nitrogens with one attached hydrogen (secondary N) is 1. The Hall–Kier alpha value is -0.593. The maximum Gasteiger partial charge on any atom is 0.340 e. The third kappa shape index (κ3) is 7.76. The van der Waals surface area contributed by atoms with Gasteiger partial charge in [0.2, 0.25) is 0 Å². The average Bonchev–Trinajstić information content (AvgIpc) is 1.95. The van der Waals surface area contributed by atoms with Gasteiger partial charge in [0.15, 0.2) is 8.32 Å². The van der Waals surface area contributed by atoms with Crippen molar-refractivity contribution in [2.24, 2.45) is 0 Å². The van der Waals surface area contributed by atoms with Crippen LogP contribution in [-0.2, 0) is 0 Å². The lowest BCUT2D eigenvalue weighted by Crippen LogP contribution is -2.36. The summed E-state index contributed by atoms with van der Waals surface area (Å²) in [7, 11) is -0.720. The molecule has 6 heteroatoms. The molecule has 0 radical (unpaired) electrons. The normalized spacial score (nSPS) is 11.2. The number of hydrogen-bond donors (Lipinski definition) is 3. The first-order valence-electron chi connectivity index (χ1n) is 4.26. The zero-order valence-electron chi connectivity index (χ0n) is 8.37. The number of amides is 2. The van der Waals surface area contributed by atoms with E-state index in [1.807, 2.05) is 13.1 Å². The minimum atomic E-state index is -1.98. The fourth-order valence-electron chi connectivity index (χ4n) is 0.831. The van der Waals surface area contributed by atoms with Crippen molar-refractivity contribution in [3.8, 4) is 0 Å². The summed E-state index contributed by atoms with van der Waals surface area (Å²) in [5.74, 6) is 0. The second-order valence-corrected chi connectivity index (χ2v) is 7.80. The highest BCUT2D eigenvalue weighted by Crippen LogP contribution is 2.06. The van der Waals surface area contributed by atoms with Crippen molar-refractivity contribution in [3.05, 3.63) is 0 Å². The van der Waals surface area contributed by atoms with Crippen LogP contribution in [0.2, 0.25) is 19.1 Å². The van der Waals surface area contributed by atoms with Gasteiger partial charge in [0.1, 0.15) is 0 Å². The molecule has 0 saturated heterocycles. The number of carbonyl (C=O) groups excluding carboxylic acids is 1. The molecule has 0 aromatic carbocycles. The van der Waals surface area contributed by atoms with E-state index >= 15 is 0 Å². The zero-order valence-corrected chi connectivity index (χ0v) is 9.37. The van der Waals surface area contributed by atoms with Crippen LogP contribution >= 0.6 is 0 Å². The summed E-state index contributed by atoms with van der Waals surface area (Å²) in [5, 5.41) is 11.7.